The first-order valence-electron chi connectivity index (χ1n) is 11.9. The minimum Gasteiger partial charge on any atom is -0.444 e. The number of thiophene rings is 1. The lowest BCUT2D eigenvalue weighted by Crippen LogP contribution is -2.42. The molecule has 2 amide bonds. The van der Waals surface area contributed by atoms with Gasteiger partial charge in [0.2, 0.25) is 5.91 Å². The molecule has 4 rings (SSSR count). The van der Waals surface area contributed by atoms with E-state index in [1.807, 2.05) is 32.9 Å². The van der Waals surface area contributed by atoms with Crippen LogP contribution in [0.25, 0.3) is 0 Å². The molecule has 0 aliphatic carbocycles. The van der Waals surface area contributed by atoms with E-state index in [9.17, 15) is 14.4 Å². The number of nitrogens with zero attached hydrogens (tertiary/aromatic N) is 2. The predicted molar refractivity (Wildman–Crippen MR) is 137 cm³/mol. The molecule has 1 unspecified atom stereocenters. The lowest BCUT2D eigenvalue weighted by Gasteiger charge is -2.32. The molecule has 2 aliphatic rings. The normalized spacial score (nSPS) is 18.4. The summed E-state index contributed by atoms with van der Waals surface area (Å²) in [7, 11) is 0. The molecule has 3 heterocycles. The fraction of sp³-hybridized carbons (Fsp3) is 0.500. The molecule has 1 aromatic heterocycles. The highest BCUT2D eigenvalue weighted by molar-refractivity contribution is 7.12. The predicted octanol–water partition coefficient (Wildman–Crippen LogP) is 4.22. The van der Waals surface area contributed by atoms with Crippen molar-refractivity contribution in [2.24, 2.45) is 5.73 Å². The zero-order chi connectivity index (χ0) is 25.3. The molecule has 35 heavy (non-hydrogen) atoms. The minimum absolute atomic E-state index is 0.0362. The van der Waals surface area contributed by atoms with Gasteiger partial charge >= 0.3 is 6.09 Å². The minimum atomic E-state index is -0.515. The molecule has 9 heteroatoms. The number of primary amides is 1. The van der Waals surface area contributed by atoms with Crippen LogP contribution in [-0.2, 0) is 35.3 Å². The van der Waals surface area contributed by atoms with E-state index in [1.54, 1.807) is 17.0 Å². The number of Topliss-reactive ketones (excluding diaryl/α,β-unsaturated/α-hetero) is 1. The number of carbonyl (C=O) groups is 3. The van der Waals surface area contributed by atoms with Crippen LogP contribution in [0.5, 0.6) is 0 Å². The van der Waals surface area contributed by atoms with Crippen molar-refractivity contribution in [2.75, 3.05) is 19.6 Å². The molecule has 1 atom stereocenters. The number of amides is 2. The molecule has 0 bridgehead atoms. The molecule has 1 fully saturated rings. The Balaban J connectivity index is 1.43. The molecular weight excluding hydrogens is 486 g/mol. The molecule has 188 valence electrons. The number of likely N-dealkylation sites (tertiary alicyclic amines) is 1. The van der Waals surface area contributed by atoms with Crippen LogP contribution in [-0.4, -0.2) is 58.9 Å². The molecule has 0 saturated carbocycles. The highest BCUT2D eigenvalue weighted by Gasteiger charge is 2.36. The van der Waals surface area contributed by atoms with E-state index in [4.69, 9.17) is 22.1 Å². The molecule has 2 aromatic rings. The second-order valence-electron chi connectivity index (χ2n) is 10.3. The number of fused-ring (bicyclic) bond motifs is 1. The molecule has 0 spiro atoms. The summed E-state index contributed by atoms with van der Waals surface area (Å²) in [5, 5.41) is 0.629. The maximum atomic E-state index is 12.8. The largest absolute Gasteiger partial charge is 0.444 e. The monoisotopic (exact) mass is 517 g/mol. The molecule has 1 saturated heterocycles. The third-order valence-electron chi connectivity index (χ3n) is 6.41. The highest BCUT2D eigenvalue weighted by atomic mass is 35.5. The molecule has 2 N–H and O–H groups in total. The summed E-state index contributed by atoms with van der Waals surface area (Å²) in [6.45, 7) is 8.39. The average Bonchev–Trinajstić information content (AvgIpc) is 3.38. The number of hydrogen-bond acceptors (Lipinski definition) is 6. The van der Waals surface area contributed by atoms with E-state index >= 15 is 0 Å². The van der Waals surface area contributed by atoms with Crippen LogP contribution < -0.4 is 5.73 Å². The Kier molecular flexibility index (Phi) is 7.54. The third kappa shape index (κ3) is 6.23. The maximum Gasteiger partial charge on any atom is 0.410 e. The summed E-state index contributed by atoms with van der Waals surface area (Å²) in [4.78, 5) is 43.6. The quantitative estimate of drug-likeness (QED) is 0.619. The first-order valence-corrected chi connectivity index (χ1v) is 13.1. The summed E-state index contributed by atoms with van der Waals surface area (Å²) in [5.41, 5.74) is 7.64. The zero-order valence-corrected chi connectivity index (χ0v) is 22.0. The van der Waals surface area contributed by atoms with E-state index in [0.29, 0.717) is 36.6 Å². The summed E-state index contributed by atoms with van der Waals surface area (Å²) < 4.78 is 5.52. The SMILES string of the molecule is CC(C)(C)OC(=O)N1CCC(N2CCc3c(sc(CC(=O)Cc4ccc(Cl)cc4)c3C(N)=O)C2)C1. The first kappa shape index (κ1) is 25.7. The van der Waals surface area contributed by atoms with Gasteiger partial charge < -0.3 is 15.4 Å². The maximum absolute atomic E-state index is 12.8. The van der Waals surface area contributed by atoms with Crippen molar-refractivity contribution in [1.82, 2.24) is 9.80 Å². The fourth-order valence-corrected chi connectivity index (χ4v) is 6.35. The van der Waals surface area contributed by atoms with Gasteiger partial charge in [0.1, 0.15) is 11.4 Å². The number of ketones is 1. The second-order valence-corrected chi connectivity index (χ2v) is 11.9. The van der Waals surface area contributed by atoms with Gasteiger partial charge in [0.25, 0.3) is 0 Å². The summed E-state index contributed by atoms with van der Waals surface area (Å²) in [6.07, 6.45) is 1.79. The number of nitrogens with two attached hydrogens (primary N) is 1. The van der Waals surface area contributed by atoms with E-state index < -0.39 is 11.5 Å². The molecule has 1 aromatic carbocycles. The van der Waals surface area contributed by atoms with Gasteiger partial charge in [0, 0.05) is 59.8 Å². The highest BCUT2D eigenvalue weighted by Crippen LogP contribution is 2.35. The fourth-order valence-electron chi connectivity index (χ4n) is 4.81. The lowest BCUT2D eigenvalue weighted by molar-refractivity contribution is -0.117. The number of carbonyl (C=O) groups excluding carboxylic acids is 3. The van der Waals surface area contributed by atoms with E-state index in [0.717, 1.165) is 33.8 Å². The van der Waals surface area contributed by atoms with Crippen LogP contribution in [0.15, 0.2) is 24.3 Å². The molecule has 7 nitrogen and oxygen atoms in total. The average molecular weight is 518 g/mol. The van der Waals surface area contributed by atoms with Crippen LogP contribution in [0.3, 0.4) is 0 Å². The van der Waals surface area contributed by atoms with Gasteiger partial charge in [-0.1, -0.05) is 23.7 Å². The number of hydrogen-bond donors (Lipinski definition) is 1. The van der Waals surface area contributed by atoms with Gasteiger partial charge in [-0.3, -0.25) is 14.5 Å². The Labute approximate surface area is 215 Å². The molecule has 0 radical (unpaired) electrons. The smallest absolute Gasteiger partial charge is 0.410 e. The van der Waals surface area contributed by atoms with Crippen molar-refractivity contribution in [3.63, 3.8) is 0 Å². The van der Waals surface area contributed by atoms with E-state index in [2.05, 4.69) is 4.90 Å². The van der Waals surface area contributed by atoms with Crippen LogP contribution in [0, 0.1) is 0 Å². The third-order valence-corrected chi connectivity index (χ3v) is 7.88. The van der Waals surface area contributed by atoms with E-state index in [1.165, 1.54) is 11.3 Å². The van der Waals surface area contributed by atoms with Gasteiger partial charge in [0.05, 0.1) is 5.56 Å². The van der Waals surface area contributed by atoms with Crippen molar-refractivity contribution in [3.8, 4) is 0 Å². The Hall–Kier alpha value is -2.42. The van der Waals surface area contributed by atoms with Gasteiger partial charge in [-0.15, -0.1) is 11.3 Å². The molecular formula is C26H32ClN3O4S. The van der Waals surface area contributed by atoms with Crippen molar-refractivity contribution < 1.29 is 19.1 Å². The van der Waals surface area contributed by atoms with Crippen molar-refractivity contribution in [2.45, 2.75) is 64.6 Å². The molecule has 2 aliphatic heterocycles. The van der Waals surface area contributed by atoms with Crippen LogP contribution in [0.2, 0.25) is 5.02 Å². The summed E-state index contributed by atoms with van der Waals surface area (Å²) in [5.74, 6) is -0.434. The van der Waals surface area contributed by atoms with E-state index in [-0.39, 0.29) is 30.8 Å². The van der Waals surface area contributed by atoms with Gasteiger partial charge in [-0.05, 0) is 56.9 Å². The Morgan fingerprint density at radius 1 is 1.14 bits per heavy atom. The number of rotatable bonds is 6. The van der Waals surface area contributed by atoms with Gasteiger partial charge in [-0.2, -0.15) is 0 Å². The lowest BCUT2D eigenvalue weighted by atomic mass is 9.97. The summed E-state index contributed by atoms with van der Waals surface area (Å²) >= 11 is 7.45. The number of ether oxygens (including phenoxy) is 1. The second kappa shape index (κ2) is 10.3. The standard InChI is InChI=1S/C26H32ClN3O4S/c1-26(2,3)34-25(33)30-10-8-18(14-30)29-11-9-20-22(15-29)35-21(23(20)24(28)32)13-19(31)12-16-4-6-17(27)7-5-16/h4-7,18H,8-15H2,1-3H3,(H2,28,32). The Bertz CT molecular complexity index is 1120. The van der Waals surface area contributed by atoms with Gasteiger partial charge in [-0.25, -0.2) is 4.79 Å². The number of halogens is 1. The topological polar surface area (TPSA) is 92.9 Å². The Morgan fingerprint density at radius 3 is 2.51 bits per heavy atom. The van der Waals surface area contributed by atoms with Crippen LogP contribution >= 0.6 is 22.9 Å². The Morgan fingerprint density at radius 2 is 1.86 bits per heavy atom. The zero-order valence-electron chi connectivity index (χ0n) is 20.4. The first-order chi connectivity index (χ1) is 16.5. The number of benzene rings is 1. The van der Waals surface area contributed by atoms with Crippen LogP contribution in [0.4, 0.5) is 4.79 Å². The van der Waals surface area contributed by atoms with Crippen molar-refractivity contribution in [1.29, 1.82) is 0 Å². The summed E-state index contributed by atoms with van der Waals surface area (Å²) in [6, 6.07) is 7.46. The van der Waals surface area contributed by atoms with Crippen molar-refractivity contribution >= 4 is 40.7 Å². The van der Waals surface area contributed by atoms with Gasteiger partial charge in [0.15, 0.2) is 0 Å². The van der Waals surface area contributed by atoms with Crippen molar-refractivity contribution in [3.05, 3.63) is 55.7 Å². The van der Waals surface area contributed by atoms with Crippen LogP contribution in [0.1, 0.15) is 58.4 Å².